The fourth-order valence-corrected chi connectivity index (χ4v) is 6.48. The molecule has 4 aromatic rings. The molecule has 1 aliphatic heterocycles. The number of phenols is 1. The van der Waals surface area contributed by atoms with E-state index in [0.29, 0.717) is 16.9 Å². The summed E-state index contributed by atoms with van der Waals surface area (Å²) in [6.45, 7) is 11.7. The standard InChI is InChI=1S/C32H27Cl3F2N6O3/c1-6-20(44)42-10-9-41(13-16(42)5)29-17-11-19(33)27(21-24(36)22(34)25(37)23(35)30(21)45)40-31(17)43(32(46)18(29)12-38)28-15(4)7-8-39-26(28)14(2)3/h6-8,11,14,16,45H,1,9-10,13H2,2-5H3/t16-/m1/s1. The van der Waals surface area contributed by atoms with Crippen LogP contribution in [0.1, 0.15) is 43.5 Å². The summed E-state index contributed by atoms with van der Waals surface area (Å²) >= 11 is 18.5. The number of hydrogen-bond acceptors (Lipinski definition) is 7. The van der Waals surface area contributed by atoms with Crippen LogP contribution in [-0.4, -0.2) is 56.1 Å². The number of aromatic hydroxyl groups is 1. The first-order valence-corrected chi connectivity index (χ1v) is 15.3. The van der Waals surface area contributed by atoms with Crippen LogP contribution in [0, 0.1) is 29.9 Å². The predicted octanol–water partition coefficient (Wildman–Crippen LogP) is 6.92. The number of carbonyl (C=O) groups excluding carboxylic acids is 1. The highest BCUT2D eigenvalue weighted by molar-refractivity contribution is 6.37. The number of piperazine rings is 1. The third-order valence-corrected chi connectivity index (χ3v) is 8.96. The second-order valence-corrected chi connectivity index (χ2v) is 12.4. The van der Waals surface area contributed by atoms with Crippen molar-refractivity contribution in [2.24, 2.45) is 0 Å². The van der Waals surface area contributed by atoms with Gasteiger partial charge in [-0.3, -0.25) is 19.1 Å². The lowest BCUT2D eigenvalue weighted by Gasteiger charge is -2.41. The number of rotatable bonds is 5. The Morgan fingerprint density at radius 1 is 1.20 bits per heavy atom. The average molecular weight is 688 g/mol. The van der Waals surface area contributed by atoms with Crippen LogP contribution in [0.5, 0.6) is 5.75 Å². The lowest BCUT2D eigenvalue weighted by Crippen LogP contribution is -2.54. The van der Waals surface area contributed by atoms with Crippen LogP contribution in [0.4, 0.5) is 14.5 Å². The van der Waals surface area contributed by atoms with Crippen molar-refractivity contribution in [2.75, 3.05) is 24.5 Å². The molecule has 0 aliphatic carbocycles. The summed E-state index contributed by atoms with van der Waals surface area (Å²) in [5.41, 5.74) is -0.339. The quantitative estimate of drug-likeness (QED) is 0.138. The molecular weight excluding hydrogens is 661 g/mol. The summed E-state index contributed by atoms with van der Waals surface area (Å²) in [6.07, 6.45) is 2.82. The van der Waals surface area contributed by atoms with Gasteiger partial charge in [0.25, 0.3) is 5.56 Å². The maximum Gasteiger partial charge on any atom is 0.276 e. The molecule has 1 amide bonds. The monoisotopic (exact) mass is 686 g/mol. The Morgan fingerprint density at radius 2 is 1.89 bits per heavy atom. The van der Waals surface area contributed by atoms with Crippen LogP contribution in [0.2, 0.25) is 15.1 Å². The van der Waals surface area contributed by atoms with E-state index in [-0.39, 0.29) is 70.5 Å². The topological polar surface area (TPSA) is 115 Å². The Kier molecular flexibility index (Phi) is 9.01. The minimum Gasteiger partial charge on any atom is -0.505 e. The van der Waals surface area contributed by atoms with Crippen LogP contribution in [0.15, 0.2) is 35.8 Å². The minimum absolute atomic E-state index is 0.0518. The Labute approximate surface area is 277 Å². The van der Waals surface area contributed by atoms with Crippen molar-refractivity contribution >= 4 is 57.4 Å². The number of nitrogens with zero attached hydrogens (tertiary/aromatic N) is 6. The fourth-order valence-electron chi connectivity index (χ4n) is 5.81. The van der Waals surface area contributed by atoms with Crippen LogP contribution >= 0.6 is 34.8 Å². The lowest BCUT2D eigenvalue weighted by atomic mass is 10.0. The summed E-state index contributed by atoms with van der Waals surface area (Å²) in [7, 11) is 0. The van der Waals surface area contributed by atoms with E-state index in [1.807, 2.05) is 20.8 Å². The first kappa shape index (κ1) is 33.1. The van der Waals surface area contributed by atoms with Crippen molar-refractivity contribution in [1.29, 1.82) is 5.26 Å². The van der Waals surface area contributed by atoms with E-state index in [1.165, 1.54) is 16.7 Å². The smallest absolute Gasteiger partial charge is 0.276 e. The number of pyridine rings is 3. The van der Waals surface area contributed by atoms with E-state index in [4.69, 9.17) is 34.8 Å². The zero-order chi connectivity index (χ0) is 33.8. The molecule has 238 valence electrons. The van der Waals surface area contributed by atoms with Gasteiger partial charge in [0.15, 0.2) is 11.6 Å². The molecule has 46 heavy (non-hydrogen) atoms. The van der Waals surface area contributed by atoms with E-state index in [2.05, 4.69) is 22.6 Å². The van der Waals surface area contributed by atoms with Gasteiger partial charge in [0.1, 0.15) is 33.1 Å². The van der Waals surface area contributed by atoms with Crippen LogP contribution in [0.3, 0.4) is 0 Å². The SMILES string of the molecule is C=CC(=O)N1CCN(c2c(C#N)c(=O)n(-c3c(C)ccnc3C(C)C)c3nc(-c4c(O)c(Cl)c(F)c(Cl)c4F)c(Cl)cc23)C[C@H]1C. The number of amides is 1. The summed E-state index contributed by atoms with van der Waals surface area (Å²) in [5, 5.41) is 19.4. The van der Waals surface area contributed by atoms with Crippen molar-refractivity contribution < 1.29 is 18.7 Å². The molecule has 1 N–H and O–H groups in total. The van der Waals surface area contributed by atoms with Gasteiger partial charge in [-0.2, -0.15) is 5.26 Å². The molecule has 1 aliphatic rings. The number of aromatic nitrogens is 3. The molecular formula is C32H27Cl3F2N6O3. The zero-order valence-electron chi connectivity index (χ0n) is 25.1. The second kappa shape index (κ2) is 12.5. The number of hydrogen-bond donors (Lipinski definition) is 1. The van der Waals surface area contributed by atoms with E-state index in [0.717, 1.165) is 0 Å². The van der Waals surface area contributed by atoms with Gasteiger partial charge in [-0.05, 0) is 43.5 Å². The van der Waals surface area contributed by atoms with Crippen molar-refractivity contribution in [3.8, 4) is 28.8 Å². The summed E-state index contributed by atoms with van der Waals surface area (Å²) < 4.78 is 31.2. The molecule has 0 saturated carbocycles. The van der Waals surface area contributed by atoms with E-state index >= 15 is 4.39 Å². The van der Waals surface area contributed by atoms with Gasteiger partial charge in [-0.1, -0.05) is 55.2 Å². The van der Waals surface area contributed by atoms with E-state index in [1.54, 1.807) is 29.0 Å². The number of phenolic OH excluding ortho intramolecular Hbond substituents is 1. The van der Waals surface area contributed by atoms with Gasteiger partial charge in [0, 0.05) is 37.3 Å². The molecule has 0 bridgehead atoms. The van der Waals surface area contributed by atoms with Crippen molar-refractivity contribution in [2.45, 2.75) is 39.7 Å². The predicted molar refractivity (Wildman–Crippen MR) is 174 cm³/mol. The number of halogens is 5. The molecule has 9 nitrogen and oxygen atoms in total. The summed E-state index contributed by atoms with van der Waals surface area (Å²) in [5.74, 6) is -4.16. The van der Waals surface area contributed by atoms with E-state index in [9.17, 15) is 24.3 Å². The number of anilines is 1. The Morgan fingerprint density at radius 3 is 2.50 bits per heavy atom. The molecule has 4 heterocycles. The normalized spacial score (nSPS) is 15.0. The molecule has 14 heteroatoms. The summed E-state index contributed by atoms with van der Waals surface area (Å²) in [6, 6.07) is 4.82. The minimum atomic E-state index is -1.37. The van der Waals surface area contributed by atoms with Gasteiger partial charge < -0.3 is 14.9 Å². The number of carbonyl (C=O) groups is 1. The lowest BCUT2D eigenvalue weighted by molar-refractivity contribution is -0.128. The van der Waals surface area contributed by atoms with Crippen molar-refractivity contribution in [1.82, 2.24) is 19.4 Å². The van der Waals surface area contributed by atoms with Crippen LogP contribution < -0.4 is 10.5 Å². The first-order valence-electron chi connectivity index (χ1n) is 14.1. The first-order chi connectivity index (χ1) is 21.7. The molecule has 1 atom stereocenters. The second-order valence-electron chi connectivity index (χ2n) is 11.2. The van der Waals surface area contributed by atoms with E-state index < -0.39 is 38.6 Å². The third-order valence-electron chi connectivity index (χ3n) is 7.99. The molecule has 3 aromatic heterocycles. The number of aryl methyl sites for hydroxylation is 1. The van der Waals surface area contributed by atoms with Gasteiger partial charge in [-0.15, -0.1) is 0 Å². The van der Waals surface area contributed by atoms with Crippen molar-refractivity contribution in [3.05, 3.63) is 84.9 Å². The molecule has 1 fully saturated rings. The van der Waals surface area contributed by atoms with Gasteiger partial charge in [-0.25, -0.2) is 13.8 Å². The van der Waals surface area contributed by atoms with Gasteiger partial charge in [0.05, 0.1) is 33.3 Å². The largest absolute Gasteiger partial charge is 0.505 e. The molecule has 1 aromatic carbocycles. The molecule has 1 saturated heterocycles. The van der Waals surface area contributed by atoms with Crippen LogP contribution in [-0.2, 0) is 4.79 Å². The maximum absolute atomic E-state index is 15.5. The molecule has 5 rings (SSSR count). The zero-order valence-corrected chi connectivity index (χ0v) is 27.4. The Balaban J connectivity index is 1.94. The highest BCUT2D eigenvalue weighted by atomic mass is 35.5. The summed E-state index contributed by atoms with van der Waals surface area (Å²) in [4.78, 5) is 39.4. The molecule has 0 radical (unpaired) electrons. The highest BCUT2D eigenvalue weighted by Gasteiger charge is 2.33. The molecule has 0 unspecified atom stereocenters. The maximum atomic E-state index is 15.5. The Bertz CT molecular complexity index is 2030. The molecule has 0 spiro atoms. The van der Waals surface area contributed by atoms with Gasteiger partial charge >= 0.3 is 0 Å². The number of nitriles is 1. The number of fused-ring (bicyclic) bond motifs is 1. The number of benzene rings is 1. The van der Waals surface area contributed by atoms with Crippen LogP contribution in [0.25, 0.3) is 28.0 Å². The Hall–Kier alpha value is -4.24. The van der Waals surface area contributed by atoms with Crippen molar-refractivity contribution in [3.63, 3.8) is 0 Å². The fraction of sp³-hybridized carbons (Fsp3) is 0.281. The average Bonchev–Trinajstić information content (AvgIpc) is 3.02. The third kappa shape index (κ3) is 5.24. The highest BCUT2D eigenvalue weighted by Crippen LogP contribution is 2.46. The van der Waals surface area contributed by atoms with Gasteiger partial charge in [0.2, 0.25) is 5.91 Å².